The van der Waals surface area contributed by atoms with Crippen molar-refractivity contribution in [1.29, 1.82) is 0 Å². The van der Waals surface area contributed by atoms with E-state index in [1.807, 2.05) is 13.0 Å². The zero-order valence-electron chi connectivity index (χ0n) is 7.29. The van der Waals surface area contributed by atoms with E-state index in [0.29, 0.717) is 10.4 Å². The number of hydrogen-bond acceptors (Lipinski definition) is 3. The highest BCUT2D eigenvalue weighted by molar-refractivity contribution is 9.10. The quantitative estimate of drug-likeness (QED) is 0.479. The number of thiophene rings is 1. The van der Waals surface area contributed by atoms with E-state index in [2.05, 4.69) is 15.9 Å². The van der Waals surface area contributed by atoms with Gasteiger partial charge in [-0.25, -0.2) is 0 Å². The summed E-state index contributed by atoms with van der Waals surface area (Å²) in [6, 6.07) is 1.72. The van der Waals surface area contributed by atoms with E-state index in [9.17, 15) is 10.1 Å². The van der Waals surface area contributed by atoms with Crippen molar-refractivity contribution in [2.24, 2.45) is 0 Å². The van der Waals surface area contributed by atoms with E-state index in [-0.39, 0.29) is 5.00 Å². The molecule has 1 rings (SSSR count). The van der Waals surface area contributed by atoms with Crippen LogP contribution in [0.3, 0.4) is 0 Å². The summed E-state index contributed by atoms with van der Waals surface area (Å²) in [6.45, 7) is 1.88. The molecule has 0 saturated carbocycles. The summed E-state index contributed by atoms with van der Waals surface area (Å²) in [4.78, 5) is 11.0. The van der Waals surface area contributed by atoms with Crippen molar-refractivity contribution in [1.82, 2.24) is 0 Å². The van der Waals surface area contributed by atoms with Crippen LogP contribution in [-0.2, 0) is 0 Å². The molecule has 1 aromatic rings. The van der Waals surface area contributed by atoms with Gasteiger partial charge < -0.3 is 0 Å². The molecule has 0 saturated heterocycles. The smallest absolute Gasteiger partial charge is 0.258 e. The molecule has 0 atom stereocenters. The van der Waals surface area contributed by atoms with Crippen LogP contribution in [0.15, 0.2) is 16.1 Å². The van der Waals surface area contributed by atoms with E-state index in [1.54, 1.807) is 6.07 Å². The number of allylic oxidation sites excluding steroid dienone is 1. The van der Waals surface area contributed by atoms with Gasteiger partial charge in [0.15, 0.2) is 0 Å². The third kappa shape index (κ3) is 2.80. The lowest BCUT2D eigenvalue weighted by atomic mass is 10.3. The number of nitrogens with zero attached hydrogens (tertiary/aromatic N) is 1. The highest BCUT2D eigenvalue weighted by Gasteiger charge is 2.15. The molecule has 6 heteroatoms. The van der Waals surface area contributed by atoms with Gasteiger partial charge in [-0.1, -0.05) is 16.9 Å². The van der Waals surface area contributed by atoms with E-state index < -0.39 is 4.92 Å². The molecule has 0 bridgehead atoms. The topological polar surface area (TPSA) is 43.1 Å². The summed E-state index contributed by atoms with van der Waals surface area (Å²) < 4.78 is 0.515. The Hall–Kier alpha value is -0.390. The molecule has 76 valence electrons. The van der Waals surface area contributed by atoms with Crippen molar-refractivity contribution in [2.75, 3.05) is 5.88 Å². The number of rotatable bonds is 3. The predicted octanol–water partition coefficient (Wildman–Crippen LogP) is 4.06. The van der Waals surface area contributed by atoms with Crippen LogP contribution in [0.2, 0.25) is 0 Å². The molecule has 3 nitrogen and oxygen atoms in total. The van der Waals surface area contributed by atoms with E-state index in [0.717, 1.165) is 21.8 Å². The van der Waals surface area contributed by atoms with Gasteiger partial charge in [-0.15, -0.1) is 11.6 Å². The SMILES string of the molecule is C/C(=C\c1cc(Br)c([N+](=O)[O-])s1)CCl. The maximum Gasteiger partial charge on any atom is 0.338 e. The Morgan fingerprint density at radius 3 is 2.93 bits per heavy atom. The first kappa shape index (κ1) is 11.7. The molecule has 0 fully saturated rings. The van der Waals surface area contributed by atoms with Gasteiger partial charge >= 0.3 is 5.00 Å². The predicted molar refractivity (Wildman–Crippen MR) is 63.0 cm³/mol. The Morgan fingerprint density at radius 2 is 2.50 bits per heavy atom. The van der Waals surface area contributed by atoms with Crippen molar-refractivity contribution in [3.8, 4) is 0 Å². The number of nitro groups is 1. The van der Waals surface area contributed by atoms with Crippen LogP contribution in [0, 0.1) is 10.1 Å². The van der Waals surface area contributed by atoms with Gasteiger partial charge in [0.1, 0.15) is 4.47 Å². The van der Waals surface area contributed by atoms with Gasteiger partial charge in [0.05, 0.1) is 4.92 Å². The van der Waals surface area contributed by atoms with Crippen LogP contribution < -0.4 is 0 Å². The fourth-order valence-electron chi connectivity index (χ4n) is 0.854. The summed E-state index contributed by atoms with van der Waals surface area (Å²) in [5.41, 5.74) is 0.982. The zero-order valence-corrected chi connectivity index (χ0v) is 10.4. The van der Waals surface area contributed by atoms with Gasteiger partial charge in [0, 0.05) is 10.8 Å². The minimum atomic E-state index is -0.401. The zero-order chi connectivity index (χ0) is 10.7. The van der Waals surface area contributed by atoms with Crippen molar-refractivity contribution < 1.29 is 4.92 Å². The van der Waals surface area contributed by atoms with Crippen LogP contribution in [0.4, 0.5) is 5.00 Å². The van der Waals surface area contributed by atoms with Crippen molar-refractivity contribution >= 4 is 49.9 Å². The van der Waals surface area contributed by atoms with Crippen LogP contribution in [0.1, 0.15) is 11.8 Å². The molecule has 0 spiro atoms. The van der Waals surface area contributed by atoms with Crippen LogP contribution in [0.25, 0.3) is 6.08 Å². The van der Waals surface area contributed by atoms with Crippen LogP contribution in [0.5, 0.6) is 0 Å². The normalized spacial score (nSPS) is 11.8. The first-order chi connectivity index (χ1) is 6.54. The molecule has 1 heterocycles. The third-order valence-electron chi connectivity index (χ3n) is 1.45. The number of alkyl halides is 1. The molecule has 14 heavy (non-hydrogen) atoms. The lowest BCUT2D eigenvalue weighted by molar-refractivity contribution is -0.380. The Bertz CT molecular complexity index is 389. The molecule has 0 aliphatic carbocycles. The molecule has 0 aliphatic rings. The molecule has 0 unspecified atom stereocenters. The summed E-state index contributed by atoms with van der Waals surface area (Å²) in [6.07, 6.45) is 1.84. The summed E-state index contributed by atoms with van der Waals surface area (Å²) >= 11 is 9.87. The molecule has 0 aromatic carbocycles. The molecular weight excluding hydrogens is 290 g/mol. The molecule has 0 aliphatic heterocycles. The second-order valence-electron chi connectivity index (χ2n) is 2.68. The van der Waals surface area contributed by atoms with Crippen molar-refractivity contribution in [3.63, 3.8) is 0 Å². The maximum atomic E-state index is 10.5. The highest BCUT2D eigenvalue weighted by atomic mass is 79.9. The molecule has 0 N–H and O–H groups in total. The number of halogens is 2. The van der Waals surface area contributed by atoms with Crippen molar-refractivity contribution in [2.45, 2.75) is 6.92 Å². The Labute approximate surface area is 98.7 Å². The standard InChI is InChI=1S/C8H7BrClNO2S/c1-5(4-10)2-6-3-7(9)8(14-6)11(12)13/h2-3H,4H2,1H3/b5-2+. The van der Waals surface area contributed by atoms with E-state index >= 15 is 0 Å². The van der Waals surface area contributed by atoms with Gasteiger partial charge in [-0.2, -0.15) is 0 Å². The highest BCUT2D eigenvalue weighted by Crippen LogP contribution is 2.35. The first-order valence-corrected chi connectivity index (χ1v) is 5.86. The molecular formula is C8H7BrClNO2S. The minimum absolute atomic E-state index is 0.124. The van der Waals surface area contributed by atoms with Gasteiger partial charge in [-0.05, 0) is 35.0 Å². The Balaban J connectivity index is 3.03. The minimum Gasteiger partial charge on any atom is -0.258 e. The second kappa shape index (κ2) is 4.91. The first-order valence-electron chi connectivity index (χ1n) is 3.71. The largest absolute Gasteiger partial charge is 0.338 e. The fourth-order valence-corrected chi connectivity index (χ4v) is 2.61. The Morgan fingerprint density at radius 1 is 1.86 bits per heavy atom. The fraction of sp³-hybridized carbons (Fsp3) is 0.250. The van der Waals surface area contributed by atoms with Crippen LogP contribution >= 0.6 is 38.9 Å². The van der Waals surface area contributed by atoms with Gasteiger partial charge in [-0.3, -0.25) is 10.1 Å². The average Bonchev–Trinajstić information content (AvgIpc) is 2.46. The van der Waals surface area contributed by atoms with Gasteiger partial charge in [0.2, 0.25) is 0 Å². The third-order valence-corrected chi connectivity index (χ3v) is 3.78. The monoisotopic (exact) mass is 295 g/mol. The summed E-state index contributed by atoms with van der Waals surface area (Å²) in [5.74, 6) is 0.434. The van der Waals surface area contributed by atoms with E-state index in [4.69, 9.17) is 11.6 Å². The molecule has 0 amide bonds. The summed E-state index contributed by atoms with van der Waals surface area (Å²) in [7, 11) is 0. The van der Waals surface area contributed by atoms with E-state index in [1.165, 1.54) is 0 Å². The van der Waals surface area contributed by atoms with Crippen LogP contribution in [-0.4, -0.2) is 10.8 Å². The van der Waals surface area contributed by atoms with Gasteiger partial charge in [0.25, 0.3) is 0 Å². The molecule has 0 radical (unpaired) electrons. The number of hydrogen-bond donors (Lipinski definition) is 0. The lowest BCUT2D eigenvalue weighted by Gasteiger charge is -1.89. The molecule has 1 aromatic heterocycles. The summed E-state index contributed by atoms with van der Waals surface area (Å²) in [5, 5.41) is 10.7. The maximum absolute atomic E-state index is 10.5. The van der Waals surface area contributed by atoms with Crippen molar-refractivity contribution in [3.05, 3.63) is 31.1 Å². The Kier molecular flexibility index (Phi) is 4.10. The lowest BCUT2D eigenvalue weighted by Crippen LogP contribution is -1.82. The second-order valence-corrected chi connectivity index (χ2v) is 4.87. The average molecular weight is 297 g/mol.